The van der Waals surface area contributed by atoms with Crippen molar-refractivity contribution in [3.8, 4) is 10.4 Å². The summed E-state index contributed by atoms with van der Waals surface area (Å²) in [6.07, 6.45) is 1.58. The summed E-state index contributed by atoms with van der Waals surface area (Å²) in [6, 6.07) is 3.49. The van der Waals surface area contributed by atoms with Crippen molar-refractivity contribution in [1.82, 2.24) is 4.98 Å². The van der Waals surface area contributed by atoms with Crippen LogP contribution in [0.5, 0.6) is 0 Å². The maximum Gasteiger partial charge on any atom is 0.349 e. The van der Waals surface area contributed by atoms with Crippen LogP contribution in [-0.2, 0) is 9.53 Å². The van der Waals surface area contributed by atoms with E-state index in [4.69, 9.17) is 10.5 Å². The van der Waals surface area contributed by atoms with E-state index in [-0.39, 0.29) is 11.9 Å². The lowest BCUT2D eigenvalue weighted by atomic mass is 10.2. The number of ether oxygens (including phenoxy) is 1. The molecule has 0 aliphatic heterocycles. The minimum Gasteiger partial charge on any atom is -0.462 e. The molecule has 22 heavy (non-hydrogen) atoms. The zero-order chi connectivity index (χ0) is 16.3. The molecule has 0 unspecified atom stereocenters. The van der Waals surface area contributed by atoms with Crippen LogP contribution >= 0.6 is 33.9 Å². The number of carbonyl (C=O) groups excluding carboxylic acids is 2. The van der Waals surface area contributed by atoms with Crippen molar-refractivity contribution in [1.29, 1.82) is 0 Å². The van der Waals surface area contributed by atoms with E-state index in [9.17, 15) is 9.59 Å². The fourth-order valence-electron chi connectivity index (χ4n) is 1.79. The van der Waals surface area contributed by atoms with Gasteiger partial charge in [-0.25, -0.2) is 9.78 Å². The molecule has 2 aromatic rings. The van der Waals surface area contributed by atoms with Gasteiger partial charge in [-0.1, -0.05) is 0 Å². The standard InChI is InChI=1S/C14H14IN3O3S/c1-3-21-14(20)13-10(15)11(16)12(22-13)8-4-5-17-9(6-8)18-7(2)19/h4-6H,3,16H2,1-2H3,(H,17,18,19). The molecule has 1 amide bonds. The number of nitrogens with two attached hydrogens (primary N) is 1. The van der Waals surface area contributed by atoms with E-state index in [1.165, 1.54) is 18.3 Å². The van der Waals surface area contributed by atoms with Crippen molar-refractivity contribution in [3.63, 3.8) is 0 Å². The van der Waals surface area contributed by atoms with Gasteiger partial charge < -0.3 is 15.8 Å². The summed E-state index contributed by atoms with van der Waals surface area (Å²) >= 11 is 3.30. The average molecular weight is 431 g/mol. The molecule has 116 valence electrons. The molecule has 0 fully saturated rings. The lowest BCUT2D eigenvalue weighted by Gasteiger charge is -2.04. The number of anilines is 2. The molecule has 0 saturated carbocycles. The number of nitrogens with zero attached hydrogens (tertiary/aromatic N) is 1. The molecule has 0 radical (unpaired) electrons. The first-order valence-electron chi connectivity index (χ1n) is 6.43. The smallest absolute Gasteiger partial charge is 0.349 e. The summed E-state index contributed by atoms with van der Waals surface area (Å²) in [5.41, 5.74) is 7.42. The van der Waals surface area contributed by atoms with Crippen molar-refractivity contribution >= 4 is 57.3 Å². The van der Waals surface area contributed by atoms with Crippen LogP contribution in [0.4, 0.5) is 11.5 Å². The van der Waals surface area contributed by atoms with Crippen LogP contribution in [-0.4, -0.2) is 23.5 Å². The lowest BCUT2D eigenvalue weighted by Crippen LogP contribution is -2.07. The Balaban J connectivity index is 2.43. The van der Waals surface area contributed by atoms with E-state index in [2.05, 4.69) is 10.3 Å². The lowest BCUT2D eigenvalue weighted by molar-refractivity contribution is -0.114. The van der Waals surface area contributed by atoms with Crippen molar-refractivity contribution in [2.24, 2.45) is 0 Å². The Kier molecular flexibility index (Phi) is 5.35. The van der Waals surface area contributed by atoms with Crippen LogP contribution in [0.15, 0.2) is 18.3 Å². The van der Waals surface area contributed by atoms with Crippen LogP contribution < -0.4 is 11.1 Å². The molecule has 0 atom stereocenters. The largest absolute Gasteiger partial charge is 0.462 e. The molecule has 6 nitrogen and oxygen atoms in total. The second kappa shape index (κ2) is 7.05. The minimum atomic E-state index is -0.383. The predicted molar refractivity (Wildman–Crippen MR) is 94.9 cm³/mol. The number of hydrogen-bond acceptors (Lipinski definition) is 6. The van der Waals surface area contributed by atoms with Crippen LogP contribution in [0.2, 0.25) is 0 Å². The Morgan fingerprint density at radius 1 is 1.50 bits per heavy atom. The van der Waals surface area contributed by atoms with Gasteiger partial charge in [0.2, 0.25) is 5.91 Å². The number of halogens is 1. The average Bonchev–Trinajstić information content (AvgIpc) is 2.75. The molecule has 3 N–H and O–H groups in total. The zero-order valence-electron chi connectivity index (χ0n) is 12.0. The van der Waals surface area contributed by atoms with E-state index < -0.39 is 0 Å². The molecular weight excluding hydrogens is 417 g/mol. The van der Waals surface area contributed by atoms with Crippen molar-refractivity contribution in [2.75, 3.05) is 17.7 Å². The second-order valence-corrected chi connectivity index (χ2v) is 6.42. The van der Waals surface area contributed by atoms with Crippen molar-refractivity contribution in [2.45, 2.75) is 13.8 Å². The van der Waals surface area contributed by atoms with Crippen LogP contribution in [0.1, 0.15) is 23.5 Å². The number of nitrogen functional groups attached to an aromatic ring is 1. The van der Waals surface area contributed by atoms with E-state index in [1.54, 1.807) is 25.3 Å². The molecule has 8 heteroatoms. The summed E-state index contributed by atoms with van der Waals surface area (Å²) in [7, 11) is 0. The van der Waals surface area contributed by atoms with Crippen molar-refractivity contribution in [3.05, 3.63) is 26.8 Å². The zero-order valence-corrected chi connectivity index (χ0v) is 14.9. The maximum absolute atomic E-state index is 11.9. The molecule has 0 aromatic carbocycles. The summed E-state index contributed by atoms with van der Waals surface area (Å²) in [5, 5.41) is 2.62. The number of amides is 1. The highest BCUT2D eigenvalue weighted by molar-refractivity contribution is 14.1. The number of nitrogens with one attached hydrogen (secondary N) is 1. The summed E-state index contributed by atoms with van der Waals surface area (Å²) < 4.78 is 5.71. The number of carbonyl (C=O) groups is 2. The number of esters is 1. The SMILES string of the molecule is CCOC(=O)c1sc(-c2ccnc(NC(C)=O)c2)c(N)c1I. The van der Waals surface area contributed by atoms with E-state index in [0.29, 0.717) is 26.6 Å². The molecular formula is C14H14IN3O3S. The molecule has 0 aliphatic rings. The third-order valence-corrected chi connectivity index (χ3v) is 5.39. The predicted octanol–water partition coefficient (Wildman–Crippen LogP) is 3.13. The van der Waals surface area contributed by atoms with Crippen molar-refractivity contribution < 1.29 is 14.3 Å². The third-order valence-electron chi connectivity index (χ3n) is 2.67. The maximum atomic E-state index is 11.9. The van der Waals surface area contributed by atoms with E-state index in [1.807, 2.05) is 22.6 Å². The van der Waals surface area contributed by atoms with E-state index in [0.717, 1.165) is 10.4 Å². The first-order valence-corrected chi connectivity index (χ1v) is 8.32. The highest BCUT2D eigenvalue weighted by Gasteiger charge is 2.21. The van der Waals surface area contributed by atoms with Gasteiger partial charge in [0.05, 0.1) is 20.7 Å². The highest BCUT2D eigenvalue weighted by atomic mass is 127. The minimum absolute atomic E-state index is 0.203. The van der Waals surface area contributed by atoms with Gasteiger partial charge in [0.15, 0.2) is 0 Å². The van der Waals surface area contributed by atoms with Crippen LogP contribution in [0.25, 0.3) is 10.4 Å². The van der Waals surface area contributed by atoms with E-state index >= 15 is 0 Å². The van der Waals surface area contributed by atoms with Gasteiger partial charge in [-0.3, -0.25) is 4.79 Å². The number of hydrogen-bond donors (Lipinski definition) is 2. The Morgan fingerprint density at radius 3 is 2.86 bits per heavy atom. The first-order chi connectivity index (χ1) is 10.4. The Hall–Kier alpha value is -1.68. The fourth-order valence-corrected chi connectivity index (χ4v) is 3.79. The number of pyridine rings is 1. The van der Waals surface area contributed by atoms with Gasteiger partial charge in [-0.05, 0) is 47.2 Å². The summed E-state index contributed by atoms with van der Waals surface area (Å²) in [5.74, 6) is -0.151. The third kappa shape index (κ3) is 3.55. The van der Waals surface area contributed by atoms with Gasteiger partial charge in [-0.2, -0.15) is 0 Å². The number of rotatable bonds is 4. The molecule has 0 saturated heterocycles. The Bertz CT molecular complexity index is 730. The molecule has 0 aliphatic carbocycles. The Morgan fingerprint density at radius 2 is 2.23 bits per heavy atom. The van der Waals surface area contributed by atoms with Gasteiger partial charge in [-0.15, -0.1) is 11.3 Å². The highest BCUT2D eigenvalue weighted by Crippen LogP contribution is 2.40. The fraction of sp³-hybridized carbons (Fsp3) is 0.214. The molecule has 0 spiro atoms. The molecule has 2 aromatic heterocycles. The molecule has 2 heterocycles. The van der Waals surface area contributed by atoms with Crippen LogP contribution in [0.3, 0.4) is 0 Å². The van der Waals surface area contributed by atoms with Gasteiger partial charge >= 0.3 is 5.97 Å². The quantitative estimate of drug-likeness (QED) is 0.573. The van der Waals surface area contributed by atoms with Gasteiger partial charge in [0, 0.05) is 13.1 Å². The number of aromatic nitrogens is 1. The normalized spacial score (nSPS) is 10.3. The Labute approximate surface area is 145 Å². The summed E-state index contributed by atoms with van der Waals surface area (Å²) in [6.45, 7) is 3.48. The monoisotopic (exact) mass is 431 g/mol. The second-order valence-electron chi connectivity index (χ2n) is 4.32. The topological polar surface area (TPSA) is 94.3 Å². The molecule has 2 rings (SSSR count). The van der Waals surface area contributed by atoms with Gasteiger partial charge in [0.1, 0.15) is 10.7 Å². The first kappa shape index (κ1) is 16.7. The number of thiophene rings is 1. The summed E-state index contributed by atoms with van der Waals surface area (Å²) in [4.78, 5) is 28.3. The van der Waals surface area contributed by atoms with Gasteiger partial charge in [0.25, 0.3) is 0 Å². The molecule has 0 bridgehead atoms. The van der Waals surface area contributed by atoms with Crippen LogP contribution in [0, 0.1) is 3.57 Å².